The predicted molar refractivity (Wildman–Crippen MR) is 68.2 cm³/mol. The lowest BCUT2D eigenvalue weighted by atomic mass is 10.0. The van der Waals surface area contributed by atoms with E-state index in [2.05, 4.69) is 5.32 Å². The second kappa shape index (κ2) is 5.38. The quantitative estimate of drug-likeness (QED) is 0.644. The Morgan fingerprint density at radius 2 is 1.82 bits per heavy atom. The summed E-state index contributed by atoms with van der Waals surface area (Å²) in [5, 5.41) is 31.3. The van der Waals surface area contributed by atoms with Gasteiger partial charge in [0.05, 0.1) is 6.61 Å². The number of nitrogens with one attached hydrogen (secondary N) is 1. The normalized spacial score (nSPS) is 11.6. The predicted octanol–water partition coefficient (Wildman–Crippen LogP) is 1.63. The SMILES string of the molecule is CC(C)(C)Nc1c(CCO)ccc(O)c1CO. The van der Waals surface area contributed by atoms with Crippen LogP contribution in [0.5, 0.6) is 5.75 Å². The van der Waals surface area contributed by atoms with Crippen molar-refractivity contribution in [2.24, 2.45) is 0 Å². The molecule has 4 nitrogen and oxygen atoms in total. The molecule has 0 saturated heterocycles. The molecule has 0 atom stereocenters. The fourth-order valence-corrected chi connectivity index (χ4v) is 1.70. The summed E-state index contributed by atoms with van der Waals surface area (Å²) in [6.45, 7) is 5.81. The maximum absolute atomic E-state index is 9.72. The minimum absolute atomic E-state index is 0.0362. The molecule has 17 heavy (non-hydrogen) atoms. The van der Waals surface area contributed by atoms with Crippen molar-refractivity contribution in [1.29, 1.82) is 0 Å². The first kappa shape index (κ1) is 13.8. The smallest absolute Gasteiger partial charge is 0.123 e. The van der Waals surface area contributed by atoms with Gasteiger partial charge in [-0.3, -0.25) is 0 Å². The maximum Gasteiger partial charge on any atom is 0.123 e. The van der Waals surface area contributed by atoms with Crippen LogP contribution < -0.4 is 5.32 Å². The Morgan fingerprint density at radius 3 is 2.29 bits per heavy atom. The summed E-state index contributed by atoms with van der Waals surface area (Å²) in [5.74, 6) is 0.0703. The standard InChI is InChI=1S/C13H21NO3/c1-13(2,3)14-12-9(6-7-15)4-5-11(17)10(12)8-16/h4-5,14-17H,6-8H2,1-3H3. The monoisotopic (exact) mass is 239 g/mol. The highest BCUT2D eigenvalue weighted by Gasteiger charge is 2.17. The fraction of sp³-hybridized carbons (Fsp3) is 0.538. The van der Waals surface area contributed by atoms with Gasteiger partial charge in [0.25, 0.3) is 0 Å². The maximum atomic E-state index is 9.72. The zero-order valence-electron chi connectivity index (χ0n) is 10.6. The van der Waals surface area contributed by atoms with Crippen LogP contribution in [0.4, 0.5) is 5.69 Å². The first-order valence-corrected chi connectivity index (χ1v) is 5.72. The molecular formula is C13H21NO3. The van der Waals surface area contributed by atoms with Crippen molar-refractivity contribution >= 4 is 5.69 Å². The van der Waals surface area contributed by atoms with Crippen molar-refractivity contribution in [3.05, 3.63) is 23.3 Å². The van der Waals surface area contributed by atoms with E-state index < -0.39 is 0 Å². The molecule has 0 fully saturated rings. The Bertz CT molecular complexity index is 383. The van der Waals surface area contributed by atoms with Gasteiger partial charge in [0.15, 0.2) is 0 Å². The van der Waals surface area contributed by atoms with E-state index in [9.17, 15) is 10.2 Å². The van der Waals surface area contributed by atoms with E-state index >= 15 is 0 Å². The van der Waals surface area contributed by atoms with Crippen molar-refractivity contribution in [2.75, 3.05) is 11.9 Å². The van der Waals surface area contributed by atoms with Crippen LogP contribution in [0.3, 0.4) is 0 Å². The molecule has 0 saturated carbocycles. The Labute approximate surface area is 102 Å². The van der Waals surface area contributed by atoms with Gasteiger partial charge in [-0.2, -0.15) is 0 Å². The van der Waals surface area contributed by atoms with Gasteiger partial charge in [-0.05, 0) is 38.8 Å². The number of rotatable bonds is 4. The number of phenols is 1. The molecule has 4 N–H and O–H groups in total. The molecule has 1 rings (SSSR count). The summed E-state index contributed by atoms with van der Waals surface area (Å²) in [4.78, 5) is 0. The molecule has 0 aliphatic rings. The van der Waals surface area contributed by atoms with Crippen LogP contribution in [0, 0.1) is 0 Å². The van der Waals surface area contributed by atoms with Gasteiger partial charge < -0.3 is 20.6 Å². The molecule has 1 aromatic carbocycles. The van der Waals surface area contributed by atoms with Crippen molar-refractivity contribution in [2.45, 2.75) is 39.3 Å². The van der Waals surface area contributed by atoms with Crippen LogP contribution in [0.25, 0.3) is 0 Å². The number of aromatic hydroxyl groups is 1. The number of hydrogen-bond donors (Lipinski definition) is 4. The van der Waals surface area contributed by atoms with E-state index in [-0.39, 0.29) is 24.5 Å². The van der Waals surface area contributed by atoms with Crippen LogP contribution in [0.1, 0.15) is 31.9 Å². The largest absolute Gasteiger partial charge is 0.508 e. The minimum atomic E-state index is -0.233. The minimum Gasteiger partial charge on any atom is -0.508 e. The summed E-state index contributed by atoms with van der Waals surface area (Å²) in [6, 6.07) is 3.31. The Morgan fingerprint density at radius 1 is 1.18 bits per heavy atom. The molecule has 0 radical (unpaired) electrons. The highest BCUT2D eigenvalue weighted by Crippen LogP contribution is 2.31. The molecule has 0 aromatic heterocycles. The van der Waals surface area contributed by atoms with Crippen molar-refractivity contribution in [3.63, 3.8) is 0 Å². The average molecular weight is 239 g/mol. The van der Waals surface area contributed by atoms with E-state index in [1.54, 1.807) is 12.1 Å². The fourth-order valence-electron chi connectivity index (χ4n) is 1.70. The Kier molecular flexibility index (Phi) is 4.37. The number of aliphatic hydroxyl groups is 2. The van der Waals surface area contributed by atoms with E-state index in [1.165, 1.54) is 0 Å². The third-order valence-corrected chi connectivity index (χ3v) is 2.41. The molecule has 0 spiro atoms. The third kappa shape index (κ3) is 3.61. The zero-order chi connectivity index (χ0) is 13.1. The Balaban J connectivity index is 3.23. The summed E-state index contributed by atoms with van der Waals surface area (Å²) >= 11 is 0. The van der Waals surface area contributed by atoms with Crippen molar-refractivity contribution in [1.82, 2.24) is 0 Å². The molecule has 96 valence electrons. The van der Waals surface area contributed by atoms with Crippen molar-refractivity contribution < 1.29 is 15.3 Å². The van der Waals surface area contributed by atoms with Crippen LogP contribution in [-0.2, 0) is 13.0 Å². The molecular weight excluding hydrogens is 218 g/mol. The molecule has 0 aliphatic heterocycles. The summed E-state index contributed by atoms with van der Waals surface area (Å²) in [7, 11) is 0. The zero-order valence-corrected chi connectivity index (χ0v) is 10.6. The molecule has 0 bridgehead atoms. The van der Waals surface area contributed by atoms with Gasteiger partial charge in [0, 0.05) is 23.4 Å². The molecule has 0 unspecified atom stereocenters. The number of anilines is 1. The van der Waals surface area contributed by atoms with Gasteiger partial charge >= 0.3 is 0 Å². The lowest BCUT2D eigenvalue weighted by Gasteiger charge is -2.26. The van der Waals surface area contributed by atoms with Gasteiger partial charge in [-0.25, -0.2) is 0 Å². The Hall–Kier alpha value is -1.26. The number of benzene rings is 1. The molecule has 1 aromatic rings. The molecule has 0 heterocycles. The lowest BCUT2D eigenvalue weighted by molar-refractivity contribution is 0.275. The second-order valence-corrected chi connectivity index (χ2v) is 5.10. The van der Waals surface area contributed by atoms with Crippen LogP contribution >= 0.6 is 0 Å². The number of hydrogen-bond acceptors (Lipinski definition) is 4. The average Bonchev–Trinajstić information content (AvgIpc) is 2.21. The van der Waals surface area contributed by atoms with Gasteiger partial charge in [0.2, 0.25) is 0 Å². The van der Waals surface area contributed by atoms with E-state index in [4.69, 9.17) is 5.11 Å². The third-order valence-electron chi connectivity index (χ3n) is 2.41. The van der Waals surface area contributed by atoms with Gasteiger partial charge in [-0.1, -0.05) is 6.07 Å². The van der Waals surface area contributed by atoms with E-state index in [1.807, 2.05) is 20.8 Å². The molecule has 0 amide bonds. The van der Waals surface area contributed by atoms with E-state index in [0.717, 1.165) is 5.56 Å². The lowest BCUT2D eigenvalue weighted by Crippen LogP contribution is -2.27. The van der Waals surface area contributed by atoms with Crippen molar-refractivity contribution in [3.8, 4) is 5.75 Å². The van der Waals surface area contributed by atoms with Gasteiger partial charge in [0.1, 0.15) is 5.75 Å². The number of aliphatic hydroxyl groups excluding tert-OH is 2. The van der Waals surface area contributed by atoms with E-state index in [0.29, 0.717) is 17.7 Å². The molecule has 0 aliphatic carbocycles. The second-order valence-electron chi connectivity index (χ2n) is 5.10. The topological polar surface area (TPSA) is 72.7 Å². The van der Waals surface area contributed by atoms with Gasteiger partial charge in [-0.15, -0.1) is 0 Å². The first-order chi connectivity index (χ1) is 7.89. The summed E-state index contributed by atoms with van der Waals surface area (Å²) in [6.07, 6.45) is 0.492. The highest BCUT2D eigenvalue weighted by molar-refractivity contribution is 5.63. The summed E-state index contributed by atoms with van der Waals surface area (Å²) < 4.78 is 0. The van der Waals surface area contributed by atoms with Crippen LogP contribution in [0.15, 0.2) is 12.1 Å². The first-order valence-electron chi connectivity index (χ1n) is 5.72. The summed E-state index contributed by atoms with van der Waals surface area (Å²) in [5.41, 5.74) is 1.91. The highest BCUT2D eigenvalue weighted by atomic mass is 16.3. The van der Waals surface area contributed by atoms with Crippen LogP contribution in [-0.4, -0.2) is 27.5 Å². The van der Waals surface area contributed by atoms with Crippen LogP contribution in [0.2, 0.25) is 0 Å². The molecule has 4 heteroatoms.